The van der Waals surface area contributed by atoms with E-state index in [1.807, 2.05) is 0 Å². The van der Waals surface area contributed by atoms with Gasteiger partial charge in [-0.2, -0.15) is 0 Å². The minimum Gasteiger partial charge on any atom is -0.371 e. The third kappa shape index (κ3) is 2.46. The molecule has 0 radical (unpaired) electrons. The zero-order valence-corrected chi connectivity index (χ0v) is 10.0. The van der Waals surface area contributed by atoms with Gasteiger partial charge in [-0.3, -0.25) is 0 Å². The lowest BCUT2D eigenvalue weighted by molar-refractivity contribution is 0.589. The summed E-state index contributed by atoms with van der Waals surface area (Å²) in [6, 6.07) is 8.73. The lowest BCUT2D eigenvalue weighted by atomic mass is 10.0. The van der Waals surface area contributed by atoms with Crippen LogP contribution in [0.25, 0.3) is 0 Å². The fourth-order valence-corrected chi connectivity index (χ4v) is 2.32. The van der Waals surface area contributed by atoms with Crippen molar-refractivity contribution in [2.45, 2.75) is 19.8 Å². The lowest BCUT2D eigenvalue weighted by Crippen LogP contribution is -2.33. The van der Waals surface area contributed by atoms with Crippen molar-refractivity contribution < 1.29 is 0 Å². The maximum absolute atomic E-state index is 5.87. The van der Waals surface area contributed by atoms with E-state index in [9.17, 15) is 0 Å². The largest absolute Gasteiger partial charge is 0.371 e. The Morgan fingerprint density at radius 3 is 3.00 bits per heavy atom. The van der Waals surface area contributed by atoms with E-state index in [0.29, 0.717) is 5.92 Å². The Labute approximate surface area is 97.0 Å². The highest BCUT2D eigenvalue weighted by Gasteiger charge is 2.17. The number of benzene rings is 1. The molecule has 15 heavy (non-hydrogen) atoms. The molecule has 0 aliphatic carbocycles. The van der Waals surface area contributed by atoms with Gasteiger partial charge in [0, 0.05) is 24.7 Å². The maximum atomic E-state index is 5.87. The van der Waals surface area contributed by atoms with Crippen LogP contribution in [0.1, 0.15) is 18.9 Å². The molecule has 1 aromatic carbocycles. The number of nitrogens with zero attached hydrogens (tertiary/aromatic N) is 1. The summed E-state index contributed by atoms with van der Waals surface area (Å²) in [6.07, 6.45) is 2.49. The SMILES string of the molecule is CC(CCl)CN1CCCc2ccccc21. The quantitative estimate of drug-likeness (QED) is 0.711. The molecule has 1 nitrogen and oxygen atoms in total. The standard InChI is InChI=1S/C13H18ClN/c1-11(9-14)10-15-8-4-6-12-5-2-3-7-13(12)15/h2-3,5,7,11H,4,6,8-10H2,1H3. The molecule has 2 heteroatoms. The Bertz CT molecular complexity index is 324. The molecule has 0 fully saturated rings. The van der Waals surface area contributed by atoms with Gasteiger partial charge in [0.25, 0.3) is 0 Å². The van der Waals surface area contributed by atoms with Crippen LogP contribution in [-0.2, 0) is 6.42 Å². The van der Waals surface area contributed by atoms with Gasteiger partial charge in [-0.15, -0.1) is 11.6 Å². The van der Waals surface area contributed by atoms with Gasteiger partial charge in [0.1, 0.15) is 0 Å². The highest BCUT2D eigenvalue weighted by molar-refractivity contribution is 6.18. The van der Waals surface area contributed by atoms with Crippen LogP contribution in [0.5, 0.6) is 0 Å². The zero-order valence-electron chi connectivity index (χ0n) is 9.25. The van der Waals surface area contributed by atoms with Crippen LogP contribution in [0.15, 0.2) is 24.3 Å². The van der Waals surface area contributed by atoms with Crippen LogP contribution < -0.4 is 4.90 Å². The Morgan fingerprint density at radius 2 is 2.20 bits per heavy atom. The number of anilines is 1. The van der Waals surface area contributed by atoms with Crippen LogP contribution in [0.3, 0.4) is 0 Å². The number of alkyl halides is 1. The molecule has 82 valence electrons. The minimum absolute atomic E-state index is 0.567. The van der Waals surface area contributed by atoms with E-state index < -0.39 is 0 Å². The third-order valence-corrected chi connectivity index (χ3v) is 3.53. The van der Waals surface area contributed by atoms with Crippen molar-refractivity contribution in [3.8, 4) is 0 Å². The Morgan fingerprint density at radius 1 is 1.40 bits per heavy atom. The monoisotopic (exact) mass is 223 g/mol. The fraction of sp³-hybridized carbons (Fsp3) is 0.538. The highest BCUT2D eigenvalue weighted by atomic mass is 35.5. The molecule has 1 aliphatic heterocycles. The average Bonchev–Trinajstić information content (AvgIpc) is 2.29. The lowest BCUT2D eigenvalue weighted by Gasteiger charge is -2.32. The summed E-state index contributed by atoms with van der Waals surface area (Å²) in [5, 5.41) is 0. The second-order valence-electron chi connectivity index (χ2n) is 4.44. The van der Waals surface area contributed by atoms with Gasteiger partial charge >= 0.3 is 0 Å². The van der Waals surface area contributed by atoms with Gasteiger partial charge < -0.3 is 4.90 Å². The predicted octanol–water partition coefficient (Wildman–Crippen LogP) is 3.31. The summed E-state index contributed by atoms with van der Waals surface area (Å²) >= 11 is 5.87. The fourth-order valence-electron chi connectivity index (χ4n) is 2.23. The summed E-state index contributed by atoms with van der Waals surface area (Å²) in [5.41, 5.74) is 2.91. The van der Waals surface area contributed by atoms with Crippen molar-refractivity contribution in [2.24, 2.45) is 5.92 Å². The van der Waals surface area contributed by atoms with Crippen molar-refractivity contribution in [1.29, 1.82) is 0 Å². The number of para-hydroxylation sites is 1. The number of fused-ring (bicyclic) bond motifs is 1. The van der Waals surface area contributed by atoms with Crippen LogP contribution in [-0.4, -0.2) is 19.0 Å². The number of hydrogen-bond acceptors (Lipinski definition) is 1. The Balaban J connectivity index is 2.15. The Kier molecular flexibility index (Phi) is 3.53. The zero-order chi connectivity index (χ0) is 10.7. The van der Waals surface area contributed by atoms with Crippen LogP contribution >= 0.6 is 11.6 Å². The molecule has 0 aromatic heterocycles. The van der Waals surface area contributed by atoms with Gasteiger partial charge in [0.05, 0.1) is 0 Å². The average molecular weight is 224 g/mol. The molecule has 0 amide bonds. The molecule has 2 rings (SSSR count). The van der Waals surface area contributed by atoms with Crippen molar-refractivity contribution >= 4 is 17.3 Å². The maximum Gasteiger partial charge on any atom is 0.0398 e. The van der Waals surface area contributed by atoms with Crippen LogP contribution in [0.2, 0.25) is 0 Å². The summed E-state index contributed by atoms with van der Waals surface area (Å²) in [5.74, 6) is 1.32. The molecular formula is C13H18ClN. The van der Waals surface area contributed by atoms with E-state index in [1.165, 1.54) is 30.6 Å². The molecule has 1 aromatic rings. The molecule has 0 saturated heterocycles. The van der Waals surface area contributed by atoms with Gasteiger partial charge in [-0.05, 0) is 30.4 Å². The predicted molar refractivity (Wildman–Crippen MR) is 66.9 cm³/mol. The van der Waals surface area contributed by atoms with E-state index in [-0.39, 0.29) is 0 Å². The molecule has 1 unspecified atom stereocenters. The number of halogens is 1. The normalized spacial score (nSPS) is 17.3. The molecule has 0 bridgehead atoms. The van der Waals surface area contributed by atoms with E-state index >= 15 is 0 Å². The highest BCUT2D eigenvalue weighted by Crippen LogP contribution is 2.27. The van der Waals surface area contributed by atoms with Crippen molar-refractivity contribution in [3.63, 3.8) is 0 Å². The summed E-state index contributed by atoms with van der Waals surface area (Å²) < 4.78 is 0. The first-order chi connectivity index (χ1) is 7.31. The molecular weight excluding hydrogens is 206 g/mol. The molecule has 1 aliphatic rings. The summed E-state index contributed by atoms with van der Waals surface area (Å²) in [7, 11) is 0. The van der Waals surface area contributed by atoms with Crippen molar-refractivity contribution in [2.75, 3.05) is 23.9 Å². The van der Waals surface area contributed by atoms with Gasteiger partial charge in [-0.25, -0.2) is 0 Å². The first-order valence-electron chi connectivity index (χ1n) is 5.70. The molecule has 0 N–H and O–H groups in total. The number of hydrogen-bond donors (Lipinski definition) is 0. The first kappa shape index (κ1) is 10.8. The molecule has 0 spiro atoms. The van der Waals surface area contributed by atoms with Crippen molar-refractivity contribution in [1.82, 2.24) is 0 Å². The van der Waals surface area contributed by atoms with Crippen molar-refractivity contribution in [3.05, 3.63) is 29.8 Å². The Hall–Kier alpha value is -0.690. The number of rotatable bonds is 3. The second kappa shape index (κ2) is 4.89. The topological polar surface area (TPSA) is 3.24 Å². The van der Waals surface area contributed by atoms with Gasteiger partial charge in [0.15, 0.2) is 0 Å². The number of aryl methyl sites for hydroxylation is 1. The van der Waals surface area contributed by atoms with Gasteiger partial charge in [-0.1, -0.05) is 25.1 Å². The summed E-state index contributed by atoms with van der Waals surface area (Å²) in [6.45, 7) is 4.48. The van der Waals surface area contributed by atoms with Crippen LogP contribution in [0, 0.1) is 5.92 Å². The van der Waals surface area contributed by atoms with E-state index in [2.05, 4.69) is 36.1 Å². The first-order valence-corrected chi connectivity index (χ1v) is 6.23. The second-order valence-corrected chi connectivity index (χ2v) is 4.75. The van der Waals surface area contributed by atoms with Gasteiger partial charge in [0.2, 0.25) is 0 Å². The molecule has 0 saturated carbocycles. The molecule has 1 atom stereocenters. The van der Waals surface area contributed by atoms with E-state index in [4.69, 9.17) is 11.6 Å². The van der Waals surface area contributed by atoms with E-state index in [1.54, 1.807) is 0 Å². The van der Waals surface area contributed by atoms with E-state index in [0.717, 1.165) is 12.4 Å². The minimum atomic E-state index is 0.567. The third-order valence-electron chi connectivity index (χ3n) is 3.00. The summed E-state index contributed by atoms with van der Waals surface area (Å²) in [4.78, 5) is 2.48. The smallest absolute Gasteiger partial charge is 0.0398 e. The molecule has 1 heterocycles. The van der Waals surface area contributed by atoms with Crippen LogP contribution in [0.4, 0.5) is 5.69 Å².